The first-order valence-electron chi connectivity index (χ1n) is 6.28. The lowest BCUT2D eigenvalue weighted by atomic mass is 10.4. The highest BCUT2D eigenvalue weighted by molar-refractivity contribution is 7.11. The van der Waals surface area contributed by atoms with E-state index in [-0.39, 0.29) is 0 Å². The number of aryl methyl sites for hydroxylation is 4. The van der Waals surface area contributed by atoms with Crippen LogP contribution in [0.5, 0.6) is 0 Å². The normalized spacial score (nSPS) is 11.1. The standard InChI is InChI=1S/C13H20N4S/c1-10-7-11(2)17(16-10)6-4-5-14-8-13-9-15-12(3)18-13/h7,9,14H,4-6,8H2,1-3H3. The number of nitrogens with one attached hydrogen (secondary N) is 1. The van der Waals surface area contributed by atoms with E-state index in [1.807, 2.05) is 20.0 Å². The minimum Gasteiger partial charge on any atom is -0.312 e. The lowest BCUT2D eigenvalue weighted by Gasteiger charge is -2.05. The van der Waals surface area contributed by atoms with E-state index in [4.69, 9.17) is 0 Å². The van der Waals surface area contributed by atoms with Crippen molar-refractivity contribution in [3.05, 3.63) is 33.5 Å². The molecule has 0 unspecified atom stereocenters. The second-order valence-electron chi connectivity index (χ2n) is 4.53. The molecule has 1 N–H and O–H groups in total. The number of nitrogens with zero attached hydrogens (tertiary/aromatic N) is 3. The van der Waals surface area contributed by atoms with Crippen molar-refractivity contribution in [2.45, 2.75) is 40.3 Å². The largest absolute Gasteiger partial charge is 0.312 e. The molecule has 0 aliphatic heterocycles. The van der Waals surface area contributed by atoms with E-state index in [9.17, 15) is 0 Å². The molecule has 0 atom stereocenters. The van der Waals surface area contributed by atoms with Crippen molar-refractivity contribution in [2.24, 2.45) is 0 Å². The van der Waals surface area contributed by atoms with Crippen LogP contribution in [-0.4, -0.2) is 21.3 Å². The van der Waals surface area contributed by atoms with Gasteiger partial charge in [0.15, 0.2) is 0 Å². The van der Waals surface area contributed by atoms with E-state index in [1.54, 1.807) is 11.3 Å². The van der Waals surface area contributed by atoms with Crippen LogP contribution in [0.25, 0.3) is 0 Å². The summed E-state index contributed by atoms with van der Waals surface area (Å²) in [6.07, 6.45) is 3.05. The third kappa shape index (κ3) is 3.65. The van der Waals surface area contributed by atoms with Gasteiger partial charge in [0.2, 0.25) is 0 Å². The van der Waals surface area contributed by atoms with Crippen molar-refractivity contribution in [1.29, 1.82) is 0 Å². The van der Waals surface area contributed by atoms with Crippen LogP contribution in [0, 0.1) is 20.8 Å². The van der Waals surface area contributed by atoms with Crippen molar-refractivity contribution in [1.82, 2.24) is 20.1 Å². The molecule has 0 bridgehead atoms. The number of thiazole rings is 1. The van der Waals surface area contributed by atoms with E-state index in [1.165, 1.54) is 10.6 Å². The van der Waals surface area contributed by atoms with Crippen molar-refractivity contribution in [2.75, 3.05) is 6.54 Å². The van der Waals surface area contributed by atoms with Gasteiger partial charge in [0.1, 0.15) is 0 Å². The van der Waals surface area contributed by atoms with Crippen molar-refractivity contribution in [3.8, 4) is 0 Å². The van der Waals surface area contributed by atoms with Crippen LogP contribution in [-0.2, 0) is 13.1 Å². The topological polar surface area (TPSA) is 42.7 Å². The molecule has 0 fully saturated rings. The summed E-state index contributed by atoms with van der Waals surface area (Å²) in [5.41, 5.74) is 2.34. The number of hydrogen-bond acceptors (Lipinski definition) is 4. The lowest BCUT2D eigenvalue weighted by molar-refractivity contribution is 0.533. The van der Waals surface area contributed by atoms with Gasteiger partial charge in [0.05, 0.1) is 10.7 Å². The summed E-state index contributed by atoms with van der Waals surface area (Å²) in [4.78, 5) is 5.55. The van der Waals surface area contributed by atoms with Crippen molar-refractivity contribution < 1.29 is 0 Å². The molecule has 0 aliphatic carbocycles. The Kier molecular flexibility index (Phi) is 4.49. The zero-order valence-corrected chi connectivity index (χ0v) is 12.0. The van der Waals surface area contributed by atoms with Gasteiger partial charge in [-0.3, -0.25) is 4.68 Å². The van der Waals surface area contributed by atoms with Crippen LogP contribution >= 0.6 is 11.3 Å². The van der Waals surface area contributed by atoms with E-state index >= 15 is 0 Å². The Hall–Kier alpha value is -1.20. The minimum atomic E-state index is 0.919. The van der Waals surface area contributed by atoms with Crippen LogP contribution in [0.3, 0.4) is 0 Å². The highest BCUT2D eigenvalue weighted by atomic mass is 32.1. The molecule has 2 aromatic heterocycles. The molecule has 5 heteroatoms. The van der Waals surface area contributed by atoms with Crippen LogP contribution in [0.4, 0.5) is 0 Å². The number of hydrogen-bond donors (Lipinski definition) is 1. The van der Waals surface area contributed by atoms with Gasteiger partial charge in [-0.2, -0.15) is 5.10 Å². The molecule has 98 valence electrons. The zero-order valence-electron chi connectivity index (χ0n) is 11.2. The van der Waals surface area contributed by atoms with E-state index in [2.05, 4.69) is 33.1 Å². The van der Waals surface area contributed by atoms with Crippen molar-refractivity contribution in [3.63, 3.8) is 0 Å². The first kappa shape index (κ1) is 13.2. The molecular weight excluding hydrogens is 244 g/mol. The smallest absolute Gasteiger partial charge is 0.0897 e. The van der Waals surface area contributed by atoms with E-state index in [0.717, 1.165) is 36.8 Å². The molecule has 0 saturated carbocycles. The average Bonchev–Trinajstić information content (AvgIpc) is 2.85. The van der Waals surface area contributed by atoms with Gasteiger partial charge in [0.25, 0.3) is 0 Å². The lowest BCUT2D eigenvalue weighted by Crippen LogP contribution is -2.16. The number of aromatic nitrogens is 3. The molecule has 2 aromatic rings. The van der Waals surface area contributed by atoms with Gasteiger partial charge < -0.3 is 5.32 Å². The van der Waals surface area contributed by atoms with Crippen LogP contribution in [0.1, 0.15) is 27.7 Å². The Balaban J connectivity index is 1.66. The van der Waals surface area contributed by atoms with Crippen LogP contribution in [0.15, 0.2) is 12.3 Å². The molecule has 0 radical (unpaired) electrons. The molecule has 18 heavy (non-hydrogen) atoms. The molecule has 0 aromatic carbocycles. The summed E-state index contributed by atoms with van der Waals surface area (Å²) in [6.45, 7) is 9.09. The molecule has 4 nitrogen and oxygen atoms in total. The van der Waals surface area contributed by atoms with Gasteiger partial charge in [-0.25, -0.2) is 4.98 Å². The number of rotatable bonds is 6. The molecule has 0 spiro atoms. The Morgan fingerprint density at radius 2 is 2.17 bits per heavy atom. The van der Waals surface area contributed by atoms with Gasteiger partial charge in [-0.15, -0.1) is 11.3 Å². The first-order chi connectivity index (χ1) is 8.65. The van der Waals surface area contributed by atoms with E-state index < -0.39 is 0 Å². The molecule has 0 saturated heterocycles. The maximum Gasteiger partial charge on any atom is 0.0897 e. The summed E-state index contributed by atoms with van der Waals surface area (Å²) in [5.74, 6) is 0. The molecule has 2 rings (SSSR count). The first-order valence-corrected chi connectivity index (χ1v) is 7.10. The van der Waals surface area contributed by atoms with Gasteiger partial charge >= 0.3 is 0 Å². The fourth-order valence-corrected chi connectivity index (χ4v) is 2.72. The monoisotopic (exact) mass is 264 g/mol. The molecule has 2 heterocycles. The SMILES string of the molecule is Cc1cc(C)n(CCCNCc2cnc(C)s2)n1. The highest BCUT2D eigenvalue weighted by Gasteiger charge is 2.00. The Labute approximate surface area is 112 Å². The van der Waals surface area contributed by atoms with Gasteiger partial charge in [-0.05, 0) is 39.8 Å². The highest BCUT2D eigenvalue weighted by Crippen LogP contribution is 2.10. The van der Waals surface area contributed by atoms with Gasteiger partial charge in [-0.1, -0.05) is 0 Å². The Bertz CT molecular complexity index is 501. The maximum atomic E-state index is 4.45. The van der Waals surface area contributed by atoms with Crippen LogP contribution < -0.4 is 5.32 Å². The zero-order chi connectivity index (χ0) is 13.0. The molecule has 0 aliphatic rings. The Morgan fingerprint density at radius 3 is 2.78 bits per heavy atom. The Morgan fingerprint density at radius 1 is 1.33 bits per heavy atom. The summed E-state index contributed by atoms with van der Waals surface area (Å²) >= 11 is 1.76. The third-order valence-corrected chi connectivity index (χ3v) is 3.71. The second kappa shape index (κ2) is 6.11. The predicted octanol–water partition coefficient (Wildman–Crippen LogP) is 2.44. The summed E-state index contributed by atoms with van der Waals surface area (Å²) in [5, 5.41) is 9.02. The van der Waals surface area contributed by atoms with Crippen LogP contribution in [0.2, 0.25) is 0 Å². The fraction of sp³-hybridized carbons (Fsp3) is 0.538. The summed E-state index contributed by atoms with van der Waals surface area (Å²) in [7, 11) is 0. The maximum absolute atomic E-state index is 4.45. The summed E-state index contributed by atoms with van der Waals surface area (Å²) < 4.78 is 2.08. The second-order valence-corrected chi connectivity index (χ2v) is 5.85. The predicted molar refractivity (Wildman–Crippen MR) is 74.9 cm³/mol. The molecular formula is C13H20N4S. The fourth-order valence-electron chi connectivity index (χ4n) is 1.95. The molecule has 0 amide bonds. The summed E-state index contributed by atoms with van der Waals surface area (Å²) in [6, 6.07) is 2.12. The minimum absolute atomic E-state index is 0.919. The van der Waals surface area contributed by atoms with Crippen molar-refractivity contribution >= 4 is 11.3 Å². The average molecular weight is 264 g/mol. The quantitative estimate of drug-likeness (QED) is 0.815. The van der Waals surface area contributed by atoms with E-state index in [0.29, 0.717) is 0 Å². The third-order valence-electron chi connectivity index (χ3n) is 2.80. The van der Waals surface area contributed by atoms with Gasteiger partial charge in [0, 0.05) is 29.9 Å².